The molecule has 3 heteroatoms. The van der Waals surface area contributed by atoms with Crippen molar-refractivity contribution in [3.8, 4) is 5.75 Å². The zero-order valence-electron chi connectivity index (χ0n) is 10.9. The molecule has 0 amide bonds. The second kappa shape index (κ2) is 5.83. The number of hydrogen-bond acceptors (Lipinski definition) is 2. The van der Waals surface area contributed by atoms with Crippen LogP contribution >= 0.6 is 0 Å². The molecule has 0 unspecified atom stereocenters. The second-order valence-corrected chi connectivity index (χ2v) is 4.87. The number of aromatic carboxylic acids is 1. The van der Waals surface area contributed by atoms with Crippen molar-refractivity contribution in [1.29, 1.82) is 0 Å². The molecule has 0 saturated carbocycles. The quantitative estimate of drug-likeness (QED) is 0.885. The average molecular weight is 282 g/mol. The number of rotatable bonds is 2. The molecule has 1 aliphatic rings. The molecule has 0 aliphatic carbocycles. The van der Waals surface area contributed by atoms with Gasteiger partial charge in [-0.1, -0.05) is 44.3 Å². The summed E-state index contributed by atoms with van der Waals surface area (Å²) in [4.78, 5) is 11.1. The maximum Gasteiger partial charge on any atom is 0.335 e. The first kappa shape index (κ1) is 14.9. The van der Waals surface area contributed by atoms with Gasteiger partial charge in [0.25, 0.3) is 0 Å². The van der Waals surface area contributed by atoms with E-state index in [9.17, 15) is 4.79 Å². The predicted octanol–water partition coefficient (Wildman–Crippen LogP) is 4.45. The van der Waals surface area contributed by atoms with Crippen molar-refractivity contribution in [3.05, 3.63) is 77.6 Å². The SMILES string of the molecule is C.C=C1C[C@H](c2ccccc2)c2cc(C(=O)O)ccc2O1. The van der Waals surface area contributed by atoms with Crippen LogP contribution in [-0.4, -0.2) is 11.1 Å². The van der Waals surface area contributed by atoms with E-state index in [1.165, 1.54) is 0 Å². The highest BCUT2D eigenvalue weighted by Crippen LogP contribution is 2.41. The van der Waals surface area contributed by atoms with E-state index in [-0.39, 0.29) is 18.9 Å². The molecular formula is C18H18O3. The zero-order valence-corrected chi connectivity index (χ0v) is 10.9. The normalized spacial score (nSPS) is 16.4. The number of fused-ring (bicyclic) bond motifs is 1. The van der Waals surface area contributed by atoms with Gasteiger partial charge in [0.05, 0.1) is 11.3 Å². The van der Waals surface area contributed by atoms with Gasteiger partial charge in [-0.05, 0) is 23.8 Å². The summed E-state index contributed by atoms with van der Waals surface area (Å²) in [6, 6.07) is 15.0. The topological polar surface area (TPSA) is 46.5 Å². The fourth-order valence-corrected chi connectivity index (χ4v) is 2.56. The minimum atomic E-state index is -0.927. The van der Waals surface area contributed by atoms with Crippen LogP contribution in [0, 0.1) is 0 Å². The fraction of sp³-hybridized carbons (Fsp3) is 0.167. The smallest absolute Gasteiger partial charge is 0.335 e. The summed E-state index contributed by atoms with van der Waals surface area (Å²) in [5.74, 6) is 0.560. The molecule has 2 aromatic rings. The second-order valence-electron chi connectivity index (χ2n) is 4.87. The summed E-state index contributed by atoms with van der Waals surface area (Å²) >= 11 is 0. The first-order valence-electron chi connectivity index (χ1n) is 6.43. The van der Waals surface area contributed by atoms with Gasteiger partial charge in [-0.15, -0.1) is 0 Å². The summed E-state index contributed by atoms with van der Waals surface area (Å²) in [6.45, 7) is 3.91. The molecule has 2 aromatic carbocycles. The number of hydrogen-bond donors (Lipinski definition) is 1. The molecule has 3 rings (SSSR count). The third-order valence-electron chi connectivity index (χ3n) is 3.52. The molecule has 1 atom stereocenters. The third-order valence-corrected chi connectivity index (χ3v) is 3.52. The highest BCUT2D eigenvalue weighted by Gasteiger charge is 2.26. The molecule has 1 heterocycles. The van der Waals surface area contributed by atoms with Crippen molar-refractivity contribution >= 4 is 5.97 Å². The van der Waals surface area contributed by atoms with Crippen molar-refractivity contribution in [1.82, 2.24) is 0 Å². The highest BCUT2D eigenvalue weighted by molar-refractivity contribution is 5.88. The molecule has 0 radical (unpaired) electrons. The summed E-state index contributed by atoms with van der Waals surface area (Å²) in [7, 11) is 0. The van der Waals surface area contributed by atoms with Crippen LogP contribution in [0.2, 0.25) is 0 Å². The van der Waals surface area contributed by atoms with Gasteiger partial charge in [-0.3, -0.25) is 0 Å². The van der Waals surface area contributed by atoms with Gasteiger partial charge in [0.1, 0.15) is 5.75 Å². The number of carboxylic acids is 1. The average Bonchev–Trinajstić information content (AvgIpc) is 2.46. The van der Waals surface area contributed by atoms with Gasteiger partial charge in [0.2, 0.25) is 0 Å². The van der Waals surface area contributed by atoms with Crippen LogP contribution in [0.1, 0.15) is 41.3 Å². The van der Waals surface area contributed by atoms with E-state index in [2.05, 4.69) is 6.58 Å². The third kappa shape index (κ3) is 2.82. The lowest BCUT2D eigenvalue weighted by molar-refractivity contribution is 0.0696. The molecule has 0 bridgehead atoms. The maximum atomic E-state index is 11.1. The summed E-state index contributed by atoms with van der Waals surface area (Å²) < 4.78 is 5.63. The number of carboxylic acid groups (broad SMARTS) is 1. The van der Waals surface area contributed by atoms with Gasteiger partial charge in [0.15, 0.2) is 0 Å². The Morgan fingerprint density at radius 2 is 1.90 bits per heavy atom. The van der Waals surface area contributed by atoms with Crippen LogP contribution in [-0.2, 0) is 0 Å². The first-order valence-corrected chi connectivity index (χ1v) is 6.43. The number of ether oxygens (including phenoxy) is 1. The Labute approximate surface area is 124 Å². The highest BCUT2D eigenvalue weighted by atomic mass is 16.5. The van der Waals surface area contributed by atoms with Crippen LogP contribution < -0.4 is 4.74 Å². The van der Waals surface area contributed by atoms with Crippen molar-refractivity contribution in [2.24, 2.45) is 0 Å². The van der Waals surface area contributed by atoms with E-state index in [1.807, 2.05) is 30.3 Å². The van der Waals surface area contributed by atoms with Crippen molar-refractivity contribution in [3.63, 3.8) is 0 Å². The van der Waals surface area contributed by atoms with Gasteiger partial charge >= 0.3 is 5.97 Å². The van der Waals surface area contributed by atoms with Gasteiger partial charge in [-0.25, -0.2) is 4.79 Å². The Kier molecular flexibility index (Phi) is 4.13. The fourth-order valence-electron chi connectivity index (χ4n) is 2.56. The van der Waals surface area contributed by atoms with Gasteiger partial charge < -0.3 is 9.84 Å². The Morgan fingerprint density at radius 1 is 1.19 bits per heavy atom. The molecule has 0 saturated heterocycles. The Bertz CT molecular complexity index is 674. The first-order chi connectivity index (χ1) is 9.65. The van der Waals surface area contributed by atoms with Gasteiger partial charge in [0, 0.05) is 17.9 Å². The van der Waals surface area contributed by atoms with Crippen LogP contribution in [0.25, 0.3) is 0 Å². The van der Waals surface area contributed by atoms with Crippen LogP contribution in [0.3, 0.4) is 0 Å². The van der Waals surface area contributed by atoms with Crippen LogP contribution in [0.5, 0.6) is 5.75 Å². The monoisotopic (exact) mass is 282 g/mol. The van der Waals surface area contributed by atoms with E-state index in [0.717, 1.165) is 11.1 Å². The van der Waals surface area contributed by atoms with E-state index in [1.54, 1.807) is 18.2 Å². The van der Waals surface area contributed by atoms with Crippen LogP contribution in [0.4, 0.5) is 0 Å². The molecule has 1 N–H and O–H groups in total. The van der Waals surface area contributed by atoms with Crippen molar-refractivity contribution in [2.45, 2.75) is 19.8 Å². The van der Waals surface area contributed by atoms with E-state index < -0.39 is 5.97 Å². The van der Waals surface area contributed by atoms with Gasteiger partial charge in [-0.2, -0.15) is 0 Å². The number of allylic oxidation sites excluding steroid dienone is 1. The number of benzene rings is 2. The lowest BCUT2D eigenvalue weighted by Crippen LogP contribution is -2.14. The molecule has 108 valence electrons. The maximum absolute atomic E-state index is 11.1. The molecule has 0 aromatic heterocycles. The number of carbonyl (C=O) groups is 1. The van der Waals surface area contributed by atoms with E-state index in [4.69, 9.17) is 9.84 Å². The molecular weight excluding hydrogens is 264 g/mol. The largest absolute Gasteiger partial charge is 0.478 e. The van der Waals surface area contributed by atoms with Crippen molar-refractivity contribution < 1.29 is 14.6 Å². The summed E-state index contributed by atoms with van der Waals surface area (Å²) in [6.07, 6.45) is 0.667. The van der Waals surface area contributed by atoms with E-state index >= 15 is 0 Å². The lowest BCUT2D eigenvalue weighted by Gasteiger charge is -2.27. The molecule has 21 heavy (non-hydrogen) atoms. The Hall–Kier alpha value is -2.55. The minimum absolute atomic E-state index is 0. The van der Waals surface area contributed by atoms with Crippen LogP contribution in [0.15, 0.2) is 60.9 Å². The zero-order chi connectivity index (χ0) is 14.1. The molecule has 1 aliphatic heterocycles. The minimum Gasteiger partial charge on any atom is -0.478 e. The van der Waals surface area contributed by atoms with E-state index in [0.29, 0.717) is 17.9 Å². The molecule has 3 nitrogen and oxygen atoms in total. The summed E-state index contributed by atoms with van der Waals surface area (Å²) in [5.41, 5.74) is 2.32. The standard InChI is InChI=1S/C17H14O3.CH4/c1-11-9-14(12-5-3-2-4-6-12)15-10-13(17(18)19)7-8-16(15)20-11;/h2-8,10,14H,1,9H2,(H,18,19);1H4/t14-;/m1./s1. The molecule has 0 fully saturated rings. The Balaban J connectivity index is 0.00000161. The summed E-state index contributed by atoms with van der Waals surface area (Å²) in [5, 5.41) is 9.14. The molecule has 0 spiro atoms. The lowest BCUT2D eigenvalue weighted by atomic mass is 9.85. The predicted molar refractivity (Wildman–Crippen MR) is 82.8 cm³/mol. The van der Waals surface area contributed by atoms with Crippen molar-refractivity contribution in [2.75, 3.05) is 0 Å². The Morgan fingerprint density at radius 3 is 2.57 bits per heavy atom.